The summed E-state index contributed by atoms with van der Waals surface area (Å²) in [6.07, 6.45) is 1.53. The lowest BCUT2D eigenvalue weighted by atomic mass is 10.1. The lowest BCUT2D eigenvalue weighted by molar-refractivity contribution is -0.117. The largest absolute Gasteiger partial charge is 0.508 e. The molecule has 118 valence electrons. The number of hydrogen-bond acceptors (Lipinski definition) is 3. The molecule has 1 aliphatic rings. The minimum atomic E-state index is -0.212. The highest BCUT2D eigenvalue weighted by Gasteiger charge is 2.21. The average Bonchev–Trinajstić information content (AvgIpc) is 2.96. The monoisotopic (exact) mass is 310 g/mol. The van der Waals surface area contributed by atoms with Crippen molar-refractivity contribution in [1.29, 1.82) is 0 Å². The number of nitrogens with one attached hydrogen (secondary N) is 1. The van der Waals surface area contributed by atoms with E-state index >= 15 is 0 Å². The van der Waals surface area contributed by atoms with Crippen LogP contribution in [0.5, 0.6) is 5.75 Å². The van der Waals surface area contributed by atoms with Gasteiger partial charge in [0.1, 0.15) is 5.75 Å². The highest BCUT2D eigenvalue weighted by atomic mass is 16.3. The molecule has 2 amide bonds. The van der Waals surface area contributed by atoms with Crippen LogP contribution in [0.1, 0.15) is 18.4 Å². The summed E-state index contributed by atoms with van der Waals surface area (Å²) >= 11 is 0. The second-order valence-corrected chi connectivity index (χ2v) is 5.55. The van der Waals surface area contributed by atoms with Crippen LogP contribution in [0.3, 0.4) is 0 Å². The Kier molecular flexibility index (Phi) is 4.28. The molecule has 1 aliphatic heterocycles. The van der Waals surface area contributed by atoms with Gasteiger partial charge in [-0.25, -0.2) is 0 Å². The summed E-state index contributed by atoms with van der Waals surface area (Å²) in [6, 6.07) is 14.0. The molecule has 5 nitrogen and oxygen atoms in total. The van der Waals surface area contributed by atoms with Crippen molar-refractivity contribution in [3.63, 3.8) is 0 Å². The van der Waals surface area contributed by atoms with Crippen LogP contribution in [0, 0.1) is 0 Å². The molecule has 3 rings (SSSR count). The molecule has 5 heteroatoms. The number of nitrogens with zero attached hydrogens (tertiary/aromatic N) is 1. The Morgan fingerprint density at radius 1 is 1.17 bits per heavy atom. The molecule has 0 unspecified atom stereocenters. The first-order valence-electron chi connectivity index (χ1n) is 7.60. The Balaban J connectivity index is 1.69. The molecule has 0 aromatic heterocycles. The summed E-state index contributed by atoms with van der Waals surface area (Å²) in [6.45, 7) is 0.716. The Labute approximate surface area is 134 Å². The van der Waals surface area contributed by atoms with Crippen LogP contribution in [0.4, 0.5) is 11.4 Å². The fraction of sp³-hybridized carbons (Fsp3) is 0.222. The van der Waals surface area contributed by atoms with Gasteiger partial charge in [-0.15, -0.1) is 0 Å². The molecule has 1 fully saturated rings. The molecule has 0 spiro atoms. The zero-order valence-corrected chi connectivity index (χ0v) is 12.7. The predicted octanol–water partition coefficient (Wildman–Crippen LogP) is 2.70. The molecular formula is C18H18N2O3. The van der Waals surface area contributed by atoms with Crippen LogP contribution in [0.15, 0.2) is 48.5 Å². The predicted molar refractivity (Wildman–Crippen MR) is 88.5 cm³/mol. The minimum Gasteiger partial charge on any atom is -0.508 e. The Bertz CT molecular complexity index is 743. The van der Waals surface area contributed by atoms with Gasteiger partial charge in [-0.1, -0.05) is 24.3 Å². The SMILES string of the molecule is O=C(Cc1ccccc1O)Nc1cccc(N2CCCC2=O)c1. The quantitative estimate of drug-likeness (QED) is 0.912. The third-order valence-electron chi connectivity index (χ3n) is 3.86. The number of para-hydroxylation sites is 1. The standard InChI is InChI=1S/C18H18N2O3/c21-16-8-2-1-5-13(16)11-17(22)19-14-6-3-7-15(12-14)20-10-4-9-18(20)23/h1-3,5-8,12,21H,4,9-11H2,(H,19,22). The lowest BCUT2D eigenvalue weighted by Crippen LogP contribution is -2.23. The van der Waals surface area contributed by atoms with Gasteiger partial charge in [-0.05, 0) is 30.7 Å². The van der Waals surface area contributed by atoms with Gasteiger partial charge in [0.2, 0.25) is 11.8 Å². The molecular weight excluding hydrogens is 292 g/mol. The smallest absolute Gasteiger partial charge is 0.228 e. The van der Waals surface area contributed by atoms with E-state index in [2.05, 4.69) is 5.32 Å². The normalized spacial score (nSPS) is 14.1. The first kappa shape index (κ1) is 15.1. The number of phenolic OH excluding ortho intramolecular Hbond substituents is 1. The molecule has 0 bridgehead atoms. The molecule has 1 heterocycles. The summed E-state index contributed by atoms with van der Waals surface area (Å²) in [7, 11) is 0. The molecule has 2 aromatic rings. The topological polar surface area (TPSA) is 69.6 Å². The van der Waals surface area contributed by atoms with Gasteiger partial charge in [0.25, 0.3) is 0 Å². The van der Waals surface area contributed by atoms with Gasteiger partial charge in [0.15, 0.2) is 0 Å². The van der Waals surface area contributed by atoms with Crippen LogP contribution in [0.2, 0.25) is 0 Å². The number of carbonyl (C=O) groups is 2. The zero-order chi connectivity index (χ0) is 16.2. The van der Waals surface area contributed by atoms with Gasteiger partial charge in [0, 0.05) is 29.9 Å². The second-order valence-electron chi connectivity index (χ2n) is 5.55. The maximum absolute atomic E-state index is 12.1. The van der Waals surface area contributed by atoms with Crippen LogP contribution in [0.25, 0.3) is 0 Å². The number of phenols is 1. The molecule has 23 heavy (non-hydrogen) atoms. The summed E-state index contributed by atoms with van der Waals surface area (Å²) in [5.74, 6) is 0.0122. The first-order valence-corrected chi connectivity index (χ1v) is 7.60. The van der Waals surface area contributed by atoms with Gasteiger partial charge >= 0.3 is 0 Å². The van der Waals surface area contributed by atoms with Crippen molar-refractivity contribution in [2.75, 3.05) is 16.8 Å². The van der Waals surface area contributed by atoms with Gasteiger partial charge in [-0.3, -0.25) is 9.59 Å². The van der Waals surface area contributed by atoms with Crippen LogP contribution < -0.4 is 10.2 Å². The van der Waals surface area contributed by atoms with Crippen molar-refractivity contribution in [1.82, 2.24) is 0 Å². The van der Waals surface area contributed by atoms with Crippen molar-refractivity contribution in [3.05, 3.63) is 54.1 Å². The number of anilines is 2. The fourth-order valence-corrected chi connectivity index (χ4v) is 2.71. The Hall–Kier alpha value is -2.82. The number of hydrogen-bond donors (Lipinski definition) is 2. The third kappa shape index (κ3) is 3.51. The van der Waals surface area contributed by atoms with E-state index in [4.69, 9.17) is 0 Å². The Morgan fingerprint density at radius 2 is 2.00 bits per heavy atom. The van der Waals surface area contributed by atoms with Crippen molar-refractivity contribution in [2.45, 2.75) is 19.3 Å². The average molecular weight is 310 g/mol. The van der Waals surface area contributed by atoms with Gasteiger partial charge in [0.05, 0.1) is 6.42 Å². The second kappa shape index (κ2) is 6.52. The number of aromatic hydroxyl groups is 1. The minimum absolute atomic E-state index is 0.0968. The van der Waals surface area contributed by atoms with Crippen LogP contribution >= 0.6 is 0 Å². The van der Waals surface area contributed by atoms with Crippen molar-refractivity contribution < 1.29 is 14.7 Å². The van der Waals surface area contributed by atoms with Gasteiger partial charge < -0.3 is 15.3 Å². The van der Waals surface area contributed by atoms with E-state index in [1.807, 2.05) is 12.1 Å². The van der Waals surface area contributed by atoms with E-state index in [0.717, 1.165) is 12.1 Å². The van der Waals surface area contributed by atoms with E-state index in [0.29, 0.717) is 24.2 Å². The molecule has 2 N–H and O–H groups in total. The number of carbonyl (C=O) groups excluding carboxylic acids is 2. The molecule has 0 saturated carbocycles. The molecule has 0 radical (unpaired) electrons. The highest BCUT2D eigenvalue weighted by molar-refractivity contribution is 5.97. The number of amides is 2. The molecule has 0 aliphatic carbocycles. The van der Waals surface area contributed by atoms with E-state index < -0.39 is 0 Å². The zero-order valence-electron chi connectivity index (χ0n) is 12.7. The van der Waals surface area contributed by atoms with Crippen molar-refractivity contribution in [3.8, 4) is 5.75 Å². The molecule has 1 saturated heterocycles. The lowest BCUT2D eigenvalue weighted by Gasteiger charge is -2.16. The fourth-order valence-electron chi connectivity index (χ4n) is 2.71. The van der Waals surface area contributed by atoms with E-state index in [1.165, 1.54) is 0 Å². The Morgan fingerprint density at radius 3 is 2.74 bits per heavy atom. The highest BCUT2D eigenvalue weighted by Crippen LogP contribution is 2.24. The van der Waals surface area contributed by atoms with Crippen LogP contribution in [-0.4, -0.2) is 23.5 Å². The summed E-state index contributed by atoms with van der Waals surface area (Å²) in [4.78, 5) is 25.7. The summed E-state index contributed by atoms with van der Waals surface area (Å²) in [5, 5.41) is 12.5. The van der Waals surface area contributed by atoms with E-state index in [-0.39, 0.29) is 24.0 Å². The molecule has 2 aromatic carbocycles. The maximum Gasteiger partial charge on any atom is 0.228 e. The maximum atomic E-state index is 12.1. The van der Waals surface area contributed by atoms with Crippen molar-refractivity contribution >= 4 is 23.2 Å². The van der Waals surface area contributed by atoms with E-state index in [1.54, 1.807) is 41.3 Å². The summed E-state index contributed by atoms with van der Waals surface area (Å²) < 4.78 is 0. The number of benzene rings is 2. The number of rotatable bonds is 4. The summed E-state index contributed by atoms with van der Waals surface area (Å²) in [5.41, 5.74) is 2.02. The third-order valence-corrected chi connectivity index (χ3v) is 3.86. The molecule has 0 atom stereocenters. The van der Waals surface area contributed by atoms with Crippen molar-refractivity contribution in [2.24, 2.45) is 0 Å². The van der Waals surface area contributed by atoms with E-state index in [9.17, 15) is 14.7 Å². The van der Waals surface area contributed by atoms with Crippen LogP contribution in [-0.2, 0) is 16.0 Å². The first-order chi connectivity index (χ1) is 11.1. The van der Waals surface area contributed by atoms with Gasteiger partial charge in [-0.2, -0.15) is 0 Å².